The van der Waals surface area contributed by atoms with Gasteiger partial charge in [0.05, 0.1) is 5.92 Å². The van der Waals surface area contributed by atoms with Gasteiger partial charge in [-0.1, -0.05) is 60.7 Å². The van der Waals surface area contributed by atoms with Crippen LogP contribution in [0.3, 0.4) is 0 Å². The molecule has 5 rings (SSSR count). The van der Waals surface area contributed by atoms with Gasteiger partial charge in [-0.05, 0) is 36.4 Å². The Balaban J connectivity index is 1.44. The third-order valence-electron chi connectivity index (χ3n) is 6.60. The van der Waals surface area contributed by atoms with Gasteiger partial charge < -0.3 is 10.1 Å². The molecular weight excluding hydrogens is 406 g/mol. The fourth-order valence-electron chi connectivity index (χ4n) is 5.13. The maximum Gasteiger partial charge on any atom is 0.256 e. The van der Waals surface area contributed by atoms with E-state index in [-0.39, 0.29) is 10.8 Å². The van der Waals surface area contributed by atoms with Crippen molar-refractivity contribution in [3.05, 3.63) is 106 Å². The number of ether oxygens (including phenoxy) is 1. The number of hydrogen-bond acceptors (Lipinski definition) is 5. The quantitative estimate of drug-likeness (QED) is 0.493. The Morgan fingerprint density at radius 3 is 2.47 bits per heavy atom. The molecule has 0 bridgehead atoms. The second-order valence-electron chi connectivity index (χ2n) is 8.33. The number of benzene rings is 3. The smallest absolute Gasteiger partial charge is 0.256 e. The topological polar surface area (TPSA) is 84.7 Å². The number of hydrogen-bond donors (Lipinski definition) is 1. The number of carbonyl (C=O) groups is 1. The van der Waals surface area contributed by atoms with Gasteiger partial charge in [0, 0.05) is 22.7 Å². The molecule has 0 saturated carbocycles. The SMILES string of the molecule is CN1C[C@H](c2ccc(OCc3ccccc3)cc2)[C@H]([N+](=O)[O-])[C@@]12C(=O)Nc1ccccc12. The van der Waals surface area contributed by atoms with Crippen molar-refractivity contribution in [3.8, 4) is 5.75 Å². The lowest BCUT2D eigenvalue weighted by atomic mass is 9.79. The Labute approximate surface area is 185 Å². The van der Waals surface area contributed by atoms with Gasteiger partial charge in [0.25, 0.3) is 11.9 Å². The first-order valence-electron chi connectivity index (χ1n) is 10.5. The predicted molar refractivity (Wildman–Crippen MR) is 120 cm³/mol. The lowest BCUT2D eigenvalue weighted by molar-refractivity contribution is -0.534. The molecule has 3 aromatic carbocycles. The average Bonchev–Trinajstić information content (AvgIpc) is 3.28. The van der Waals surface area contributed by atoms with Crippen LogP contribution in [0.2, 0.25) is 0 Å². The van der Waals surface area contributed by atoms with Crippen molar-refractivity contribution in [1.29, 1.82) is 0 Å². The van der Waals surface area contributed by atoms with Gasteiger partial charge in [0.15, 0.2) is 5.54 Å². The van der Waals surface area contributed by atoms with Crippen molar-refractivity contribution in [3.63, 3.8) is 0 Å². The maximum absolute atomic E-state index is 13.2. The van der Waals surface area contributed by atoms with Crippen LogP contribution >= 0.6 is 0 Å². The van der Waals surface area contributed by atoms with Crippen LogP contribution in [0.1, 0.15) is 22.6 Å². The van der Waals surface area contributed by atoms with E-state index in [1.807, 2.05) is 77.7 Å². The second kappa shape index (κ2) is 7.76. The van der Waals surface area contributed by atoms with Crippen molar-refractivity contribution in [2.24, 2.45) is 0 Å². The van der Waals surface area contributed by atoms with Gasteiger partial charge in [-0.3, -0.25) is 19.8 Å². The van der Waals surface area contributed by atoms with Gasteiger partial charge in [0.2, 0.25) is 0 Å². The van der Waals surface area contributed by atoms with E-state index in [9.17, 15) is 14.9 Å². The molecule has 162 valence electrons. The van der Waals surface area contributed by atoms with Crippen molar-refractivity contribution < 1.29 is 14.5 Å². The number of amides is 1. The first kappa shape index (κ1) is 20.2. The molecular formula is C25H23N3O4. The number of fused-ring (bicyclic) bond motifs is 2. The number of para-hydroxylation sites is 1. The van der Waals surface area contributed by atoms with E-state index in [4.69, 9.17) is 4.74 Å². The molecule has 1 N–H and O–H groups in total. The van der Waals surface area contributed by atoms with Crippen molar-refractivity contribution in [2.75, 3.05) is 18.9 Å². The summed E-state index contributed by atoms with van der Waals surface area (Å²) in [5.41, 5.74) is 1.86. The van der Waals surface area contributed by atoms with Crippen LogP contribution in [0.5, 0.6) is 5.75 Å². The minimum atomic E-state index is -1.33. The van der Waals surface area contributed by atoms with Crippen LogP contribution < -0.4 is 10.1 Å². The summed E-state index contributed by atoms with van der Waals surface area (Å²) in [6.07, 6.45) is 0. The molecule has 2 heterocycles. The zero-order chi connectivity index (χ0) is 22.3. The molecule has 0 aliphatic carbocycles. The van der Waals surface area contributed by atoms with Crippen molar-refractivity contribution in [2.45, 2.75) is 24.1 Å². The molecule has 32 heavy (non-hydrogen) atoms. The molecule has 1 saturated heterocycles. The molecule has 1 spiro atoms. The highest BCUT2D eigenvalue weighted by molar-refractivity contribution is 6.06. The number of nitro groups is 1. The summed E-state index contributed by atoms with van der Waals surface area (Å²) >= 11 is 0. The van der Waals surface area contributed by atoms with Crippen LogP contribution in [0.15, 0.2) is 78.9 Å². The molecule has 1 amide bonds. The first-order chi connectivity index (χ1) is 15.5. The van der Waals surface area contributed by atoms with Gasteiger partial charge in [-0.2, -0.15) is 0 Å². The highest BCUT2D eigenvalue weighted by Crippen LogP contribution is 2.51. The molecule has 3 aromatic rings. The summed E-state index contributed by atoms with van der Waals surface area (Å²) in [6, 6.07) is 23.4. The Bertz CT molecular complexity index is 1170. The third kappa shape index (κ3) is 3.05. The van der Waals surface area contributed by atoms with Gasteiger partial charge in [-0.25, -0.2) is 0 Å². The fraction of sp³-hybridized carbons (Fsp3) is 0.240. The molecule has 3 atom stereocenters. The Kier molecular flexibility index (Phi) is 4.90. The van der Waals surface area contributed by atoms with Crippen LogP contribution in [0.25, 0.3) is 0 Å². The van der Waals surface area contributed by atoms with Crippen LogP contribution in [0.4, 0.5) is 5.69 Å². The van der Waals surface area contributed by atoms with E-state index in [0.717, 1.165) is 11.1 Å². The van der Waals surface area contributed by atoms with E-state index in [1.54, 1.807) is 13.1 Å². The standard InChI is InChI=1S/C25H23N3O4/c1-27-15-20(18-11-13-19(14-12-18)32-16-17-7-3-2-4-8-17)23(28(30)31)25(27)21-9-5-6-10-22(21)26-24(25)29/h2-14,20,23H,15-16H2,1H3,(H,26,29)/t20-,23+,25+/m1/s1. The zero-order valence-electron chi connectivity index (χ0n) is 17.6. The lowest BCUT2D eigenvalue weighted by Gasteiger charge is -2.30. The number of likely N-dealkylation sites (tertiary alicyclic amines) is 1. The monoisotopic (exact) mass is 429 g/mol. The van der Waals surface area contributed by atoms with E-state index >= 15 is 0 Å². The Morgan fingerprint density at radius 2 is 1.75 bits per heavy atom. The van der Waals surface area contributed by atoms with Gasteiger partial charge >= 0.3 is 0 Å². The van der Waals surface area contributed by atoms with E-state index in [2.05, 4.69) is 5.32 Å². The predicted octanol–water partition coefficient (Wildman–Crippen LogP) is 3.79. The van der Waals surface area contributed by atoms with Crippen LogP contribution in [-0.2, 0) is 16.9 Å². The largest absolute Gasteiger partial charge is 0.489 e. The Morgan fingerprint density at radius 1 is 1.06 bits per heavy atom. The number of likely N-dealkylation sites (N-methyl/N-ethyl adjacent to an activating group) is 1. The number of rotatable bonds is 5. The third-order valence-corrected chi connectivity index (χ3v) is 6.60. The van der Waals surface area contributed by atoms with Crippen LogP contribution in [-0.4, -0.2) is 35.4 Å². The van der Waals surface area contributed by atoms with E-state index < -0.39 is 17.5 Å². The number of nitrogens with zero attached hydrogens (tertiary/aromatic N) is 2. The van der Waals surface area contributed by atoms with Crippen LogP contribution in [0, 0.1) is 10.1 Å². The van der Waals surface area contributed by atoms with Gasteiger partial charge in [0.1, 0.15) is 12.4 Å². The molecule has 7 nitrogen and oxygen atoms in total. The maximum atomic E-state index is 13.2. The van der Waals surface area contributed by atoms with E-state index in [1.165, 1.54) is 0 Å². The van der Waals surface area contributed by atoms with Crippen molar-refractivity contribution >= 4 is 11.6 Å². The molecule has 1 fully saturated rings. The highest BCUT2D eigenvalue weighted by Gasteiger charge is 2.68. The molecule has 2 aliphatic heterocycles. The second-order valence-corrected chi connectivity index (χ2v) is 8.33. The highest BCUT2D eigenvalue weighted by atomic mass is 16.6. The molecule has 7 heteroatoms. The molecule has 0 radical (unpaired) electrons. The van der Waals surface area contributed by atoms with Gasteiger partial charge in [-0.15, -0.1) is 0 Å². The molecule has 0 unspecified atom stereocenters. The summed E-state index contributed by atoms with van der Waals surface area (Å²) in [4.78, 5) is 27.0. The summed E-state index contributed by atoms with van der Waals surface area (Å²) < 4.78 is 5.85. The van der Waals surface area contributed by atoms with Crippen molar-refractivity contribution in [1.82, 2.24) is 4.90 Å². The lowest BCUT2D eigenvalue weighted by Crippen LogP contribution is -2.54. The fourth-order valence-corrected chi connectivity index (χ4v) is 5.13. The minimum Gasteiger partial charge on any atom is -0.489 e. The summed E-state index contributed by atoms with van der Waals surface area (Å²) in [6.45, 7) is 0.849. The number of carbonyl (C=O) groups excluding carboxylic acids is 1. The summed E-state index contributed by atoms with van der Waals surface area (Å²) in [5, 5.41) is 15.2. The summed E-state index contributed by atoms with van der Waals surface area (Å²) in [7, 11) is 1.79. The average molecular weight is 429 g/mol. The number of nitrogens with one attached hydrogen (secondary N) is 1. The molecule has 0 aromatic heterocycles. The number of anilines is 1. The normalized spacial score (nSPS) is 24.3. The summed E-state index contributed by atoms with van der Waals surface area (Å²) in [5.74, 6) is -0.0800. The van der Waals surface area contributed by atoms with E-state index in [0.29, 0.717) is 30.2 Å². The zero-order valence-corrected chi connectivity index (χ0v) is 17.6. The Hall–Kier alpha value is -3.71. The molecule has 2 aliphatic rings. The minimum absolute atomic E-state index is 0.296. The first-order valence-corrected chi connectivity index (χ1v) is 10.5.